The van der Waals surface area contributed by atoms with Gasteiger partial charge in [0.25, 0.3) is 0 Å². The van der Waals surface area contributed by atoms with Crippen molar-refractivity contribution in [2.45, 2.75) is 0 Å². The van der Waals surface area contributed by atoms with Crippen molar-refractivity contribution in [2.24, 2.45) is 0 Å². The molecule has 0 bridgehead atoms. The van der Waals surface area contributed by atoms with Crippen LogP contribution in [0.5, 0.6) is 0 Å². The summed E-state index contributed by atoms with van der Waals surface area (Å²) in [5.41, 5.74) is 1.47. The number of furan rings is 1. The number of carboxylic acid groups (broad SMARTS) is 1. The van der Waals surface area contributed by atoms with Crippen LogP contribution in [-0.4, -0.2) is 20.9 Å². The van der Waals surface area contributed by atoms with E-state index in [4.69, 9.17) is 14.8 Å². The van der Waals surface area contributed by atoms with Gasteiger partial charge in [-0.2, -0.15) is 10.4 Å². The molecule has 0 spiro atoms. The Morgan fingerprint density at radius 1 is 1.29 bits per heavy atom. The molecule has 0 fully saturated rings. The lowest BCUT2D eigenvalue weighted by Gasteiger charge is -2.05. The summed E-state index contributed by atoms with van der Waals surface area (Å²) in [6.45, 7) is 0. The van der Waals surface area contributed by atoms with Crippen molar-refractivity contribution in [1.82, 2.24) is 9.78 Å². The first-order valence-electron chi connectivity index (χ1n) is 6.07. The van der Waals surface area contributed by atoms with E-state index in [9.17, 15) is 4.79 Å². The number of rotatable bonds is 3. The van der Waals surface area contributed by atoms with Crippen molar-refractivity contribution in [3.05, 3.63) is 60.0 Å². The number of hydrogen-bond acceptors (Lipinski definition) is 4. The summed E-state index contributed by atoms with van der Waals surface area (Å²) in [5.74, 6) is -0.629. The fraction of sp³-hybridized carbons (Fsp3) is 0. The lowest BCUT2D eigenvalue weighted by atomic mass is 10.2. The van der Waals surface area contributed by atoms with E-state index in [1.54, 1.807) is 36.4 Å². The molecule has 0 amide bonds. The van der Waals surface area contributed by atoms with Crippen LogP contribution < -0.4 is 0 Å². The second kappa shape index (κ2) is 4.98. The van der Waals surface area contributed by atoms with Gasteiger partial charge in [0.2, 0.25) is 0 Å². The molecule has 2 aromatic heterocycles. The van der Waals surface area contributed by atoms with Crippen LogP contribution in [0, 0.1) is 11.3 Å². The molecular weight excluding hydrogens is 270 g/mol. The Morgan fingerprint density at radius 3 is 2.81 bits per heavy atom. The molecular formula is C15H9N3O3. The summed E-state index contributed by atoms with van der Waals surface area (Å²) in [4.78, 5) is 11.1. The Hall–Kier alpha value is -3.33. The molecule has 3 aromatic rings. The number of carbonyl (C=O) groups is 1. The van der Waals surface area contributed by atoms with E-state index < -0.39 is 5.97 Å². The van der Waals surface area contributed by atoms with E-state index >= 15 is 0 Å². The summed E-state index contributed by atoms with van der Waals surface area (Å²) in [5, 5.41) is 22.1. The van der Waals surface area contributed by atoms with Gasteiger partial charge in [0.1, 0.15) is 5.69 Å². The van der Waals surface area contributed by atoms with Gasteiger partial charge in [-0.05, 0) is 30.3 Å². The summed E-state index contributed by atoms with van der Waals surface area (Å²) >= 11 is 0. The number of aromatic carboxylic acids is 1. The Bertz CT molecular complexity index is 841. The van der Waals surface area contributed by atoms with E-state index in [2.05, 4.69) is 5.10 Å². The van der Waals surface area contributed by atoms with Crippen LogP contribution >= 0.6 is 0 Å². The Kier molecular flexibility index (Phi) is 3.01. The molecule has 3 rings (SSSR count). The molecule has 0 aliphatic carbocycles. The highest BCUT2D eigenvalue weighted by atomic mass is 16.4. The molecule has 0 aliphatic rings. The summed E-state index contributed by atoms with van der Waals surface area (Å²) in [6.07, 6.45) is 1.50. The summed E-state index contributed by atoms with van der Waals surface area (Å²) in [6, 6.07) is 13.6. The zero-order valence-corrected chi connectivity index (χ0v) is 10.7. The SMILES string of the molecule is N#Cc1cccc(-n2nc(C(=O)O)cc2-c2ccco2)c1. The van der Waals surface area contributed by atoms with Gasteiger partial charge < -0.3 is 9.52 Å². The second-order valence-electron chi connectivity index (χ2n) is 4.27. The molecule has 0 aliphatic heterocycles. The van der Waals surface area contributed by atoms with Gasteiger partial charge in [-0.15, -0.1) is 0 Å². The average Bonchev–Trinajstić information content (AvgIpc) is 3.16. The zero-order valence-electron chi connectivity index (χ0n) is 10.7. The minimum absolute atomic E-state index is 0.0937. The van der Waals surface area contributed by atoms with Crippen LogP contribution in [0.3, 0.4) is 0 Å². The first-order valence-corrected chi connectivity index (χ1v) is 6.07. The smallest absolute Gasteiger partial charge is 0.356 e. The monoisotopic (exact) mass is 279 g/mol. The van der Waals surface area contributed by atoms with Crippen LogP contribution in [-0.2, 0) is 0 Å². The number of aromatic nitrogens is 2. The molecule has 1 N–H and O–H groups in total. The molecule has 0 radical (unpaired) electrons. The highest BCUT2D eigenvalue weighted by molar-refractivity contribution is 5.87. The standard InChI is InChI=1S/C15H9N3O3/c16-9-10-3-1-4-11(7-10)18-13(14-5-2-6-21-14)8-12(17-18)15(19)20/h1-8H,(H,19,20). The molecule has 0 saturated heterocycles. The Balaban J connectivity index is 2.21. The van der Waals surface area contributed by atoms with Crippen molar-refractivity contribution in [1.29, 1.82) is 5.26 Å². The van der Waals surface area contributed by atoms with Gasteiger partial charge in [0.05, 0.1) is 23.6 Å². The van der Waals surface area contributed by atoms with Crippen molar-refractivity contribution in [3.63, 3.8) is 0 Å². The molecule has 0 unspecified atom stereocenters. The Morgan fingerprint density at radius 2 is 2.14 bits per heavy atom. The van der Waals surface area contributed by atoms with E-state index in [1.165, 1.54) is 17.0 Å². The van der Waals surface area contributed by atoms with Gasteiger partial charge in [0, 0.05) is 6.07 Å². The zero-order chi connectivity index (χ0) is 14.8. The van der Waals surface area contributed by atoms with Gasteiger partial charge in [-0.3, -0.25) is 0 Å². The average molecular weight is 279 g/mol. The van der Waals surface area contributed by atoms with Crippen LogP contribution in [0.2, 0.25) is 0 Å². The highest BCUT2D eigenvalue weighted by Crippen LogP contribution is 2.24. The summed E-state index contributed by atoms with van der Waals surface area (Å²) < 4.78 is 6.76. The molecule has 102 valence electrons. The van der Waals surface area contributed by atoms with Crippen molar-refractivity contribution in [3.8, 4) is 23.2 Å². The molecule has 0 atom stereocenters. The second-order valence-corrected chi connectivity index (χ2v) is 4.27. The van der Waals surface area contributed by atoms with Crippen molar-refractivity contribution < 1.29 is 14.3 Å². The highest BCUT2D eigenvalue weighted by Gasteiger charge is 2.17. The topological polar surface area (TPSA) is 92.0 Å². The van der Waals surface area contributed by atoms with Crippen LogP contribution in [0.4, 0.5) is 0 Å². The fourth-order valence-electron chi connectivity index (χ4n) is 1.99. The summed E-state index contributed by atoms with van der Waals surface area (Å²) in [7, 11) is 0. The maximum atomic E-state index is 11.1. The third-order valence-electron chi connectivity index (χ3n) is 2.92. The lowest BCUT2D eigenvalue weighted by Crippen LogP contribution is -2.02. The van der Waals surface area contributed by atoms with Gasteiger partial charge in [-0.1, -0.05) is 6.07 Å². The molecule has 2 heterocycles. The fourth-order valence-corrected chi connectivity index (χ4v) is 1.99. The largest absolute Gasteiger partial charge is 0.476 e. The predicted octanol–water partition coefficient (Wildman–Crippen LogP) is 2.70. The first-order chi connectivity index (χ1) is 10.2. The third kappa shape index (κ3) is 2.28. The van der Waals surface area contributed by atoms with Crippen molar-refractivity contribution in [2.75, 3.05) is 0 Å². The quantitative estimate of drug-likeness (QED) is 0.795. The van der Waals surface area contributed by atoms with Gasteiger partial charge in [0.15, 0.2) is 11.5 Å². The van der Waals surface area contributed by atoms with E-state index in [-0.39, 0.29) is 5.69 Å². The van der Waals surface area contributed by atoms with Crippen LogP contribution in [0.1, 0.15) is 16.1 Å². The molecule has 1 aromatic carbocycles. The van der Waals surface area contributed by atoms with E-state index in [0.29, 0.717) is 22.7 Å². The minimum Gasteiger partial charge on any atom is -0.476 e. The maximum Gasteiger partial charge on any atom is 0.356 e. The molecule has 21 heavy (non-hydrogen) atoms. The predicted molar refractivity (Wildman–Crippen MR) is 72.9 cm³/mol. The number of nitriles is 1. The lowest BCUT2D eigenvalue weighted by molar-refractivity contribution is 0.0690. The van der Waals surface area contributed by atoms with E-state index in [0.717, 1.165) is 0 Å². The van der Waals surface area contributed by atoms with E-state index in [1.807, 2.05) is 6.07 Å². The molecule has 0 saturated carbocycles. The first kappa shape index (κ1) is 12.7. The number of benzene rings is 1. The maximum absolute atomic E-state index is 11.1. The minimum atomic E-state index is -1.13. The third-order valence-corrected chi connectivity index (χ3v) is 2.92. The van der Waals surface area contributed by atoms with Crippen molar-refractivity contribution >= 4 is 5.97 Å². The number of carboxylic acids is 1. The normalized spacial score (nSPS) is 10.2. The van der Waals surface area contributed by atoms with Gasteiger partial charge in [-0.25, -0.2) is 9.48 Å². The number of nitrogens with zero attached hydrogens (tertiary/aromatic N) is 3. The van der Waals surface area contributed by atoms with Crippen LogP contribution in [0.25, 0.3) is 17.1 Å². The molecule has 6 heteroatoms. The van der Waals surface area contributed by atoms with Crippen LogP contribution in [0.15, 0.2) is 53.1 Å². The Labute approximate surface area is 119 Å². The molecule has 6 nitrogen and oxygen atoms in total. The number of hydrogen-bond donors (Lipinski definition) is 1. The van der Waals surface area contributed by atoms with Gasteiger partial charge >= 0.3 is 5.97 Å².